The van der Waals surface area contributed by atoms with Gasteiger partial charge in [-0.25, -0.2) is 0 Å². The first-order valence-corrected chi connectivity index (χ1v) is 7.01. The summed E-state index contributed by atoms with van der Waals surface area (Å²) < 4.78 is 6.15. The van der Waals surface area contributed by atoms with Gasteiger partial charge in [0, 0.05) is 4.48 Å². The Hall–Kier alpha value is 0.01000. The molecule has 1 rings (SSSR count). The van der Waals surface area contributed by atoms with E-state index in [4.69, 9.17) is 27.9 Å². The summed E-state index contributed by atoms with van der Waals surface area (Å²) in [6.07, 6.45) is 4.36. The van der Waals surface area contributed by atoms with Gasteiger partial charge in [-0.15, -0.1) is 0 Å². The molecule has 0 saturated heterocycles. The number of hydrogen-bond donors (Lipinski definition) is 0. The zero-order chi connectivity index (χ0) is 13.0. The van der Waals surface area contributed by atoms with Gasteiger partial charge in [-0.1, -0.05) is 59.1 Å². The lowest BCUT2D eigenvalue weighted by molar-refractivity contribution is -0.146. The van der Waals surface area contributed by atoms with Gasteiger partial charge >= 0.3 is 5.97 Å². The van der Waals surface area contributed by atoms with Gasteiger partial charge < -0.3 is 4.74 Å². The summed E-state index contributed by atoms with van der Waals surface area (Å²) in [5.74, 6) is 0.481. The summed E-state index contributed by atoms with van der Waals surface area (Å²) in [6.45, 7) is 4.52. The average molecular weight is 342 g/mol. The van der Waals surface area contributed by atoms with Crippen LogP contribution in [0.15, 0.2) is 21.1 Å². The van der Waals surface area contributed by atoms with Gasteiger partial charge in [-0.2, -0.15) is 0 Å². The first-order valence-electron chi connectivity index (χ1n) is 5.46. The number of ether oxygens (including phenoxy) is 1. The Morgan fingerprint density at radius 3 is 2.71 bits per heavy atom. The second-order valence-electron chi connectivity index (χ2n) is 4.52. The molecule has 0 radical (unpaired) electrons. The number of allylic oxidation sites excluding steroid dienone is 3. The Balaban J connectivity index is 2.38. The summed E-state index contributed by atoms with van der Waals surface area (Å²) >= 11 is 14.4. The third-order valence-electron chi connectivity index (χ3n) is 2.32. The van der Waals surface area contributed by atoms with Gasteiger partial charge in [0.05, 0.1) is 12.5 Å². The molecule has 17 heavy (non-hydrogen) atoms. The predicted molar refractivity (Wildman–Crippen MR) is 74.2 cm³/mol. The molecule has 1 saturated carbocycles. The van der Waals surface area contributed by atoms with Crippen molar-refractivity contribution in [1.29, 1.82) is 0 Å². The van der Waals surface area contributed by atoms with Gasteiger partial charge in [-0.05, 0) is 24.3 Å². The summed E-state index contributed by atoms with van der Waals surface area (Å²) in [7, 11) is 0. The van der Waals surface area contributed by atoms with Crippen LogP contribution in [-0.2, 0) is 9.53 Å². The van der Waals surface area contributed by atoms with Crippen LogP contribution in [0.2, 0.25) is 0 Å². The summed E-state index contributed by atoms with van der Waals surface area (Å²) in [5, 5.41) is 0. The number of carbonyl (C=O) groups is 1. The number of halogens is 3. The van der Waals surface area contributed by atoms with Crippen molar-refractivity contribution in [2.24, 2.45) is 17.8 Å². The van der Waals surface area contributed by atoms with Gasteiger partial charge in [0.15, 0.2) is 0 Å². The van der Waals surface area contributed by atoms with Crippen molar-refractivity contribution in [2.45, 2.75) is 20.3 Å². The molecule has 1 fully saturated rings. The number of rotatable bonds is 5. The van der Waals surface area contributed by atoms with Crippen molar-refractivity contribution >= 4 is 45.1 Å². The van der Waals surface area contributed by atoms with Gasteiger partial charge in [0.2, 0.25) is 0 Å². The van der Waals surface area contributed by atoms with E-state index in [1.54, 1.807) is 6.08 Å². The van der Waals surface area contributed by atoms with Crippen LogP contribution in [0.5, 0.6) is 0 Å². The molecule has 0 aliphatic heterocycles. The molecule has 0 aromatic rings. The Bertz CT molecular complexity index is 346. The van der Waals surface area contributed by atoms with Crippen LogP contribution < -0.4 is 0 Å². The Morgan fingerprint density at radius 2 is 2.18 bits per heavy atom. The van der Waals surface area contributed by atoms with Crippen LogP contribution in [0.25, 0.3) is 0 Å². The normalized spacial score (nSPS) is 23.5. The fourth-order valence-electron chi connectivity index (χ4n) is 1.38. The highest BCUT2D eigenvalue weighted by Gasteiger charge is 2.42. The molecule has 0 unspecified atom stereocenters. The fraction of sp³-hybridized carbons (Fsp3) is 0.583. The second-order valence-corrected chi connectivity index (χ2v) is 6.44. The van der Waals surface area contributed by atoms with E-state index in [0.29, 0.717) is 12.5 Å². The monoisotopic (exact) mass is 340 g/mol. The van der Waals surface area contributed by atoms with E-state index in [0.717, 1.165) is 10.9 Å². The molecule has 2 atom stereocenters. The molecule has 0 bridgehead atoms. The van der Waals surface area contributed by atoms with Crippen molar-refractivity contribution in [3.8, 4) is 0 Å². The summed E-state index contributed by atoms with van der Waals surface area (Å²) in [6, 6.07) is 0. The van der Waals surface area contributed by atoms with E-state index in [2.05, 4.69) is 15.9 Å². The maximum atomic E-state index is 11.6. The smallest absolute Gasteiger partial charge is 0.309 e. The first kappa shape index (κ1) is 15.1. The fourth-order valence-corrected chi connectivity index (χ4v) is 2.45. The lowest BCUT2D eigenvalue weighted by Crippen LogP contribution is -2.12. The van der Waals surface area contributed by atoms with Crippen LogP contribution in [-0.4, -0.2) is 12.6 Å². The highest BCUT2D eigenvalue weighted by Crippen LogP contribution is 2.42. The SMILES string of the molecule is CC(C)COC(=O)[C@H]1C[C@@H]1/C=C(/Br)C=C(Cl)Cl. The van der Waals surface area contributed by atoms with E-state index >= 15 is 0 Å². The van der Waals surface area contributed by atoms with Crippen LogP contribution >= 0.6 is 39.1 Å². The Morgan fingerprint density at radius 1 is 1.53 bits per heavy atom. The molecule has 96 valence electrons. The quantitative estimate of drug-likeness (QED) is 0.546. The highest BCUT2D eigenvalue weighted by molar-refractivity contribution is 9.11. The molecule has 0 aromatic heterocycles. The summed E-state index contributed by atoms with van der Waals surface area (Å²) in [4.78, 5) is 11.6. The van der Waals surface area contributed by atoms with Crippen LogP contribution in [0.3, 0.4) is 0 Å². The van der Waals surface area contributed by atoms with Gasteiger partial charge in [-0.3, -0.25) is 4.79 Å². The minimum Gasteiger partial charge on any atom is -0.465 e. The molecule has 0 aromatic carbocycles. The molecule has 1 aliphatic carbocycles. The number of carbonyl (C=O) groups excluding carboxylic acids is 1. The molecule has 0 N–H and O–H groups in total. The molecule has 0 spiro atoms. The Labute approximate surface area is 120 Å². The van der Waals surface area contributed by atoms with Crippen LogP contribution in [0.1, 0.15) is 20.3 Å². The van der Waals surface area contributed by atoms with E-state index in [1.807, 2.05) is 19.9 Å². The molecular weight excluding hydrogens is 327 g/mol. The van der Waals surface area contributed by atoms with Crippen molar-refractivity contribution in [1.82, 2.24) is 0 Å². The predicted octanol–water partition coefficient (Wildman–Crippen LogP) is 4.42. The zero-order valence-corrected chi connectivity index (χ0v) is 12.8. The third-order valence-corrected chi connectivity index (χ3v) is 3.03. The first-order chi connectivity index (χ1) is 7.90. The van der Waals surface area contributed by atoms with Crippen molar-refractivity contribution < 1.29 is 9.53 Å². The molecular formula is C12H15BrCl2O2. The maximum absolute atomic E-state index is 11.6. The van der Waals surface area contributed by atoms with Gasteiger partial charge in [0.25, 0.3) is 0 Å². The van der Waals surface area contributed by atoms with Crippen molar-refractivity contribution in [2.75, 3.05) is 6.61 Å². The minimum atomic E-state index is -0.110. The van der Waals surface area contributed by atoms with E-state index in [9.17, 15) is 4.79 Å². The van der Waals surface area contributed by atoms with E-state index < -0.39 is 0 Å². The third kappa shape index (κ3) is 5.94. The van der Waals surface area contributed by atoms with Crippen molar-refractivity contribution in [3.05, 3.63) is 21.1 Å². The molecule has 1 aliphatic rings. The maximum Gasteiger partial charge on any atom is 0.309 e. The molecule has 0 heterocycles. The lowest BCUT2D eigenvalue weighted by atomic mass is 10.2. The Kier molecular flexibility index (Phi) is 6.04. The largest absolute Gasteiger partial charge is 0.465 e. The zero-order valence-electron chi connectivity index (χ0n) is 9.75. The van der Waals surface area contributed by atoms with Gasteiger partial charge in [0.1, 0.15) is 4.49 Å². The van der Waals surface area contributed by atoms with Crippen LogP contribution in [0.4, 0.5) is 0 Å². The highest BCUT2D eigenvalue weighted by atomic mass is 79.9. The molecule has 0 amide bonds. The summed E-state index contributed by atoms with van der Waals surface area (Å²) in [5.41, 5.74) is 0. The topological polar surface area (TPSA) is 26.3 Å². The van der Waals surface area contributed by atoms with Crippen molar-refractivity contribution in [3.63, 3.8) is 0 Å². The lowest BCUT2D eigenvalue weighted by Gasteiger charge is -2.05. The van der Waals surface area contributed by atoms with E-state index in [1.165, 1.54) is 0 Å². The minimum absolute atomic E-state index is 0.0104. The number of hydrogen-bond acceptors (Lipinski definition) is 2. The molecule has 2 nitrogen and oxygen atoms in total. The second kappa shape index (κ2) is 6.81. The molecule has 5 heteroatoms. The van der Waals surface area contributed by atoms with Crippen LogP contribution in [0, 0.1) is 17.8 Å². The standard InChI is InChI=1S/C12H15BrCl2O2/c1-7(2)6-17-12(16)10-4-8(10)3-9(13)5-11(14)15/h3,5,7-8,10H,4,6H2,1-2H3/b9-3+/t8-,10-/m0/s1. The van der Waals surface area contributed by atoms with E-state index in [-0.39, 0.29) is 22.3 Å². The number of esters is 1. The average Bonchev–Trinajstić information content (AvgIpc) is 2.91.